The van der Waals surface area contributed by atoms with Crippen molar-refractivity contribution in [1.29, 1.82) is 0 Å². The van der Waals surface area contributed by atoms with E-state index in [1.807, 2.05) is 0 Å². The normalized spacial score (nSPS) is 9.20. The minimum Gasteiger partial charge on any atom is -0.483 e. The van der Waals surface area contributed by atoms with Crippen LogP contribution in [-0.2, 0) is 4.79 Å². The standard InChI is InChI=1S/C12H12.CH2O2/c1-9-7-8-11-5-3-4-6-12(11)10(9)2;2-1-3/h3-8H,1-2H3;1H,(H,2,3). The molecule has 0 radical (unpaired) electrons. The molecule has 78 valence electrons. The summed E-state index contributed by atoms with van der Waals surface area (Å²) in [5.41, 5.74) is 2.77. The van der Waals surface area contributed by atoms with Gasteiger partial charge in [-0.2, -0.15) is 0 Å². The third kappa shape index (κ3) is 2.56. The molecule has 15 heavy (non-hydrogen) atoms. The topological polar surface area (TPSA) is 37.3 Å². The lowest BCUT2D eigenvalue weighted by Crippen LogP contribution is -1.82. The zero-order valence-electron chi connectivity index (χ0n) is 8.90. The Hall–Kier alpha value is -1.83. The minimum absolute atomic E-state index is 0.250. The van der Waals surface area contributed by atoms with Gasteiger partial charge in [-0.1, -0.05) is 36.4 Å². The maximum Gasteiger partial charge on any atom is 0.290 e. The largest absolute Gasteiger partial charge is 0.483 e. The molecule has 0 aliphatic heterocycles. The molecule has 2 aromatic rings. The van der Waals surface area contributed by atoms with E-state index in [0.717, 1.165) is 0 Å². The van der Waals surface area contributed by atoms with Crippen LogP contribution in [0, 0.1) is 13.8 Å². The van der Waals surface area contributed by atoms with Gasteiger partial charge >= 0.3 is 0 Å². The van der Waals surface area contributed by atoms with E-state index in [1.165, 1.54) is 21.9 Å². The summed E-state index contributed by atoms with van der Waals surface area (Å²) in [4.78, 5) is 8.36. The van der Waals surface area contributed by atoms with E-state index < -0.39 is 0 Å². The van der Waals surface area contributed by atoms with Crippen molar-refractivity contribution >= 4 is 17.2 Å². The highest BCUT2D eigenvalue weighted by atomic mass is 16.3. The van der Waals surface area contributed by atoms with Crippen molar-refractivity contribution in [3.63, 3.8) is 0 Å². The predicted octanol–water partition coefficient (Wildman–Crippen LogP) is 3.16. The van der Waals surface area contributed by atoms with Crippen LogP contribution in [0.4, 0.5) is 0 Å². The number of rotatable bonds is 0. The number of aryl methyl sites for hydroxylation is 2. The molecule has 1 N–H and O–H groups in total. The Kier molecular flexibility index (Phi) is 3.86. The second-order valence-corrected chi connectivity index (χ2v) is 3.33. The second-order valence-electron chi connectivity index (χ2n) is 3.33. The smallest absolute Gasteiger partial charge is 0.290 e. The monoisotopic (exact) mass is 202 g/mol. The summed E-state index contributed by atoms with van der Waals surface area (Å²) in [5, 5.41) is 9.60. The molecule has 2 heteroatoms. The van der Waals surface area contributed by atoms with Gasteiger partial charge in [0.2, 0.25) is 0 Å². The molecule has 0 amide bonds. The highest BCUT2D eigenvalue weighted by Gasteiger charge is 1.97. The van der Waals surface area contributed by atoms with Crippen LogP contribution in [0.1, 0.15) is 11.1 Å². The third-order valence-electron chi connectivity index (χ3n) is 2.47. The summed E-state index contributed by atoms with van der Waals surface area (Å²) in [7, 11) is 0. The molecule has 0 aliphatic rings. The van der Waals surface area contributed by atoms with Crippen molar-refractivity contribution < 1.29 is 9.90 Å². The van der Waals surface area contributed by atoms with Gasteiger partial charge in [-0.15, -0.1) is 0 Å². The summed E-state index contributed by atoms with van der Waals surface area (Å²) < 4.78 is 0. The summed E-state index contributed by atoms with van der Waals surface area (Å²) in [6, 6.07) is 12.9. The van der Waals surface area contributed by atoms with Crippen LogP contribution in [0.15, 0.2) is 36.4 Å². The van der Waals surface area contributed by atoms with E-state index in [2.05, 4.69) is 50.2 Å². The third-order valence-corrected chi connectivity index (χ3v) is 2.47. The molecule has 2 nitrogen and oxygen atoms in total. The van der Waals surface area contributed by atoms with Crippen LogP contribution in [0.3, 0.4) is 0 Å². The zero-order chi connectivity index (χ0) is 11.3. The Bertz CT molecular complexity index is 461. The SMILES string of the molecule is Cc1ccc2ccccc2c1C.O=CO. The molecule has 0 heterocycles. The number of hydrogen-bond acceptors (Lipinski definition) is 1. The Morgan fingerprint density at radius 2 is 1.67 bits per heavy atom. The van der Waals surface area contributed by atoms with Crippen molar-refractivity contribution in [3.8, 4) is 0 Å². The quantitative estimate of drug-likeness (QED) is 0.666. The fourth-order valence-electron chi connectivity index (χ4n) is 1.54. The zero-order valence-corrected chi connectivity index (χ0v) is 8.90. The lowest BCUT2D eigenvalue weighted by molar-refractivity contribution is -0.122. The number of hydrogen-bond donors (Lipinski definition) is 1. The molecule has 2 rings (SSSR count). The van der Waals surface area contributed by atoms with Crippen LogP contribution < -0.4 is 0 Å². The van der Waals surface area contributed by atoms with Crippen LogP contribution in [0.2, 0.25) is 0 Å². The molecule has 0 unspecified atom stereocenters. The Balaban J connectivity index is 0.000000337. The van der Waals surface area contributed by atoms with Crippen LogP contribution >= 0.6 is 0 Å². The van der Waals surface area contributed by atoms with Gasteiger partial charge in [-0.3, -0.25) is 4.79 Å². The lowest BCUT2D eigenvalue weighted by atomic mass is 10.0. The van der Waals surface area contributed by atoms with Crippen molar-refractivity contribution in [2.24, 2.45) is 0 Å². The van der Waals surface area contributed by atoms with Crippen LogP contribution in [0.25, 0.3) is 10.8 Å². The summed E-state index contributed by atoms with van der Waals surface area (Å²) in [5.74, 6) is 0. The van der Waals surface area contributed by atoms with E-state index >= 15 is 0 Å². The predicted molar refractivity (Wildman–Crippen MR) is 62.1 cm³/mol. The molecule has 0 aliphatic carbocycles. The highest BCUT2D eigenvalue weighted by molar-refractivity contribution is 5.86. The molecule has 0 saturated carbocycles. The first kappa shape index (κ1) is 11.2. The molecule has 0 saturated heterocycles. The van der Waals surface area contributed by atoms with E-state index in [9.17, 15) is 0 Å². The van der Waals surface area contributed by atoms with Crippen molar-refractivity contribution in [2.75, 3.05) is 0 Å². The molecule has 2 aromatic carbocycles. The Morgan fingerprint density at radius 1 is 1.07 bits per heavy atom. The number of fused-ring (bicyclic) bond motifs is 1. The van der Waals surface area contributed by atoms with Gasteiger partial charge in [0.15, 0.2) is 0 Å². The maximum absolute atomic E-state index is 8.36. The molecule has 0 aromatic heterocycles. The van der Waals surface area contributed by atoms with Crippen molar-refractivity contribution in [2.45, 2.75) is 13.8 Å². The van der Waals surface area contributed by atoms with Crippen LogP contribution in [0.5, 0.6) is 0 Å². The van der Waals surface area contributed by atoms with E-state index in [4.69, 9.17) is 9.90 Å². The van der Waals surface area contributed by atoms with Crippen molar-refractivity contribution in [3.05, 3.63) is 47.5 Å². The summed E-state index contributed by atoms with van der Waals surface area (Å²) in [6.07, 6.45) is 0. The summed E-state index contributed by atoms with van der Waals surface area (Å²) >= 11 is 0. The van der Waals surface area contributed by atoms with Gasteiger partial charge in [0.1, 0.15) is 0 Å². The fourth-order valence-corrected chi connectivity index (χ4v) is 1.54. The first-order valence-corrected chi connectivity index (χ1v) is 4.73. The van der Waals surface area contributed by atoms with Gasteiger partial charge in [0, 0.05) is 0 Å². The number of carboxylic acid groups (broad SMARTS) is 1. The fraction of sp³-hybridized carbons (Fsp3) is 0.154. The Morgan fingerprint density at radius 3 is 2.33 bits per heavy atom. The minimum atomic E-state index is -0.250. The summed E-state index contributed by atoms with van der Waals surface area (Å²) in [6.45, 7) is 4.08. The van der Waals surface area contributed by atoms with E-state index in [1.54, 1.807) is 0 Å². The molecule has 0 bridgehead atoms. The molecule has 0 fully saturated rings. The maximum atomic E-state index is 8.36. The first-order chi connectivity index (χ1) is 7.20. The average molecular weight is 202 g/mol. The van der Waals surface area contributed by atoms with Gasteiger partial charge < -0.3 is 5.11 Å². The van der Waals surface area contributed by atoms with Crippen LogP contribution in [-0.4, -0.2) is 11.6 Å². The molecular formula is C13H14O2. The number of benzene rings is 2. The highest BCUT2D eigenvalue weighted by Crippen LogP contribution is 2.20. The van der Waals surface area contributed by atoms with E-state index in [-0.39, 0.29) is 6.47 Å². The molecule has 0 atom stereocenters. The van der Waals surface area contributed by atoms with Crippen molar-refractivity contribution in [1.82, 2.24) is 0 Å². The second kappa shape index (κ2) is 5.15. The molecular weight excluding hydrogens is 188 g/mol. The lowest BCUT2D eigenvalue weighted by Gasteiger charge is -2.04. The first-order valence-electron chi connectivity index (χ1n) is 4.73. The average Bonchev–Trinajstić information content (AvgIpc) is 2.25. The van der Waals surface area contributed by atoms with Gasteiger partial charge in [-0.25, -0.2) is 0 Å². The van der Waals surface area contributed by atoms with Gasteiger partial charge in [-0.05, 0) is 35.7 Å². The van der Waals surface area contributed by atoms with E-state index in [0.29, 0.717) is 0 Å². The Labute approximate surface area is 89.2 Å². The molecule has 0 spiro atoms. The number of carbonyl (C=O) groups is 1. The van der Waals surface area contributed by atoms with Gasteiger partial charge in [0.25, 0.3) is 6.47 Å². The van der Waals surface area contributed by atoms with Gasteiger partial charge in [0.05, 0.1) is 0 Å².